The molecule has 0 bridgehead atoms. The molecule has 0 fully saturated rings. The molecule has 0 aromatic carbocycles. The van der Waals surface area contributed by atoms with Crippen molar-refractivity contribution in [2.45, 2.75) is 65.5 Å². The van der Waals surface area contributed by atoms with Crippen LogP contribution in [0, 0.1) is 16.7 Å². The second-order valence-electron chi connectivity index (χ2n) is 10.7. The van der Waals surface area contributed by atoms with Crippen LogP contribution < -0.4 is 10.6 Å². The smallest absolute Gasteiger partial charge is 0.0965 e. The molecular weight excluding hydrogens is 431 g/mol. The van der Waals surface area contributed by atoms with E-state index in [1.807, 2.05) is 0 Å². The fourth-order valence-electron chi connectivity index (χ4n) is 3.90. The van der Waals surface area contributed by atoms with Gasteiger partial charge in [0.05, 0.1) is 17.6 Å². The van der Waals surface area contributed by atoms with Gasteiger partial charge in [-0.15, -0.1) is 11.6 Å². The number of halogens is 2. The third-order valence-electron chi connectivity index (χ3n) is 5.90. The van der Waals surface area contributed by atoms with Crippen molar-refractivity contribution in [2.75, 3.05) is 26.2 Å². The maximum atomic E-state index is 11.0. The lowest BCUT2D eigenvalue weighted by atomic mass is 9.71. The van der Waals surface area contributed by atoms with Gasteiger partial charge < -0.3 is 20.8 Å². The predicted octanol–water partition coefficient (Wildman–Crippen LogP) is 4.52. The van der Waals surface area contributed by atoms with Gasteiger partial charge in [-0.25, -0.2) is 0 Å². The maximum Gasteiger partial charge on any atom is 0.0965 e. The van der Waals surface area contributed by atoms with Crippen LogP contribution in [0.25, 0.3) is 0 Å². The van der Waals surface area contributed by atoms with Crippen LogP contribution in [0.2, 0.25) is 0 Å². The van der Waals surface area contributed by atoms with Gasteiger partial charge in [-0.3, -0.25) is 0 Å². The molecule has 4 atom stereocenters. The summed E-state index contributed by atoms with van der Waals surface area (Å²) in [5, 5.41) is 28.1. The third kappa shape index (κ3) is 7.73. The molecule has 176 valence electrons. The molecule has 0 spiro atoms. The lowest BCUT2D eigenvalue weighted by Crippen LogP contribution is -2.38. The van der Waals surface area contributed by atoms with E-state index in [2.05, 4.69) is 64.3 Å². The Kier molecular flexibility index (Phi) is 9.45. The van der Waals surface area contributed by atoms with Crippen molar-refractivity contribution in [3.8, 4) is 0 Å². The summed E-state index contributed by atoms with van der Waals surface area (Å²) in [7, 11) is 0. The van der Waals surface area contributed by atoms with E-state index in [-0.39, 0.29) is 16.7 Å². The third-order valence-corrected chi connectivity index (χ3v) is 6.50. The largest absolute Gasteiger partial charge is 0.388 e. The van der Waals surface area contributed by atoms with Crippen molar-refractivity contribution in [1.82, 2.24) is 10.6 Å². The number of hydrogen-bond donors (Lipinski definition) is 4. The first-order valence-electron chi connectivity index (χ1n) is 11.2. The summed E-state index contributed by atoms with van der Waals surface area (Å²) in [5.41, 5.74) is 3.20. The van der Waals surface area contributed by atoms with Crippen molar-refractivity contribution < 1.29 is 10.2 Å². The standard InChI is InChI=1S/C25H40Cl2N2O2/c1-24(2,3)18-10-16(22(30)20(12-18)25(4,5)6)14-28-8-7-9-29-15-17-11-19(26)13-21(27)23(17)31/h10-13,16,21-23,28-31H,7-9,14-15H2,1-6H3. The summed E-state index contributed by atoms with van der Waals surface area (Å²) in [5.74, 6) is 0.0681. The Balaban J connectivity index is 1.79. The Labute approximate surface area is 198 Å². The summed E-state index contributed by atoms with van der Waals surface area (Å²) in [4.78, 5) is 0. The number of alkyl halides is 1. The molecule has 2 aliphatic rings. The number of aliphatic hydroxyl groups is 2. The first-order valence-corrected chi connectivity index (χ1v) is 12.1. The van der Waals surface area contributed by atoms with Gasteiger partial charge in [-0.2, -0.15) is 0 Å². The van der Waals surface area contributed by atoms with Gasteiger partial charge in [0.15, 0.2) is 0 Å². The topological polar surface area (TPSA) is 64.5 Å². The molecule has 0 saturated heterocycles. The number of aliphatic hydroxyl groups excluding tert-OH is 2. The number of hydrogen-bond acceptors (Lipinski definition) is 4. The SMILES string of the molecule is CC(C)(C)C1=CC(CNCCCNCC2=CC(Cl)=CC(Cl)C2O)C(O)C(C(C)(C)C)=C1. The van der Waals surface area contributed by atoms with Gasteiger partial charge in [0.25, 0.3) is 0 Å². The van der Waals surface area contributed by atoms with Crippen LogP contribution in [0.3, 0.4) is 0 Å². The van der Waals surface area contributed by atoms with Gasteiger partial charge in [0.1, 0.15) is 0 Å². The quantitative estimate of drug-likeness (QED) is 0.311. The Hall–Kier alpha value is -0.620. The predicted molar refractivity (Wildman–Crippen MR) is 133 cm³/mol. The average Bonchev–Trinajstić information content (AvgIpc) is 2.63. The molecular formula is C25H40Cl2N2O2. The number of allylic oxidation sites excluding steroid dienone is 4. The van der Waals surface area contributed by atoms with Gasteiger partial charge in [0.2, 0.25) is 0 Å². The highest BCUT2D eigenvalue weighted by Gasteiger charge is 2.34. The zero-order valence-corrected chi connectivity index (χ0v) is 21.3. The van der Waals surface area contributed by atoms with Gasteiger partial charge in [-0.1, -0.05) is 65.3 Å². The van der Waals surface area contributed by atoms with Gasteiger partial charge in [0, 0.05) is 24.0 Å². The van der Waals surface area contributed by atoms with Crippen LogP contribution in [0.5, 0.6) is 0 Å². The molecule has 2 aliphatic carbocycles. The van der Waals surface area contributed by atoms with Crippen molar-refractivity contribution in [3.63, 3.8) is 0 Å². The highest BCUT2D eigenvalue weighted by atomic mass is 35.5. The molecule has 4 nitrogen and oxygen atoms in total. The monoisotopic (exact) mass is 470 g/mol. The van der Waals surface area contributed by atoms with Crippen LogP contribution in [0.4, 0.5) is 0 Å². The van der Waals surface area contributed by atoms with E-state index in [9.17, 15) is 10.2 Å². The summed E-state index contributed by atoms with van der Waals surface area (Å²) in [6, 6.07) is 0. The Morgan fingerprint density at radius 3 is 2.16 bits per heavy atom. The van der Waals surface area contributed by atoms with Crippen molar-refractivity contribution in [1.29, 1.82) is 0 Å². The summed E-state index contributed by atoms with van der Waals surface area (Å²) < 4.78 is 0. The lowest BCUT2D eigenvalue weighted by Gasteiger charge is -2.37. The zero-order chi connectivity index (χ0) is 23.4. The summed E-state index contributed by atoms with van der Waals surface area (Å²) in [6.07, 6.45) is 7.65. The lowest BCUT2D eigenvalue weighted by molar-refractivity contribution is 0.137. The highest BCUT2D eigenvalue weighted by Crippen LogP contribution is 2.40. The molecule has 0 heterocycles. The van der Waals surface area contributed by atoms with Crippen LogP contribution in [-0.2, 0) is 0 Å². The van der Waals surface area contributed by atoms with Crippen LogP contribution in [0.15, 0.2) is 46.1 Å². The molecule has 0 radical (unpaired) electrons. The van der Waals surface area contributed by atoms with E-state index in [0.29, 0.717) is 11.6 Å². The van der Waals surface area contributed by atoms with Crippen LogP contribution >= 0.6 is 23.2 Å². The highest BCUT2D eigenvalue weighted by molar-refractivity contribution is 6.32. The maximum absolute atomic E-state index is 11.0. The Morgan fingerprint density at radius 2 is 1.55 bits per heavy atom. The number of nitrogens with one attached hydrogen (secondary N) is 2. The van der Waals surface area contributed by atoms with E-state index in [4.69, 9.17) is 23.2 Å². The Morgan fingerprint density at radius 1 is 0.903 bits per heavy atom. The normalized spacial score (nSPS) is 27.4. The molecule has 31 heavy (non-hydrogen) atoms. The van der Waals surface area contributed by atoms with E-state index in [0.717, 1.165) is 37.2 Å². The van der Waals surface area contributed by atoms with Crippen molar-refractivity contribution in [2.24, 2.45) is 16.7 Å². The van der Waals surface area contributed by atoms with Gasteiger partial charge in [-0.05, 0) is 59.2 Å². The fraction of sp³-hybridized carbons (Fsp3) is 0.680. The molecule has 0 aliphatic heterocycles. The minimum atomic E-state index is -0.698. The zero-order valence-electron chi connectivity index (χ0n) is 19.8. The van der Waals surface area contributed by atoms with Crippen molar-refractivity contribution in [3.05, 3.63) is 46.1 Å². The van der Waals surface area contributed by atoms with Crippen LogP contribution in [-0.4, -0.2) is 54.0 Å². The minimum Gasteiger partial charge on any atom is -0.388 e. The second kappa shape index (κ2) is 11.0. The molecule has 0 amide bonds. The van der Waals surface area contributed by atoms with E-state index in [1.165, 1.54) is 5.57 Å². The molecule has 6 heteroatoms. The fourth-order valence-corrected chi connectivity index (χ4v) is 4.54. The minimum absolute atomic E-state index is 0.0529. The molecule has 0 saturated carbocycles. The Bertz CT molecular complexity index is 742. The first kappa shape index (κ1) is 26.6. The molecule has 4 unspecified atom stereocenters. The van der Waals surface area contributed by atoms with Crippen LogP contribution in [0.1, 0.15) is 48.0 Å². The van der Waals surface area contributed by atoms with E-state index < -0.39 is 17.6 Å². The summed E-state index contributed by atoms with van der Waals surface area (Å²) in [6.45, 7) is 16.1. The molecule has 4 N–H and O–H groups in total. The summed E-state index contributed by atoms with van der Waals surface area (Å²) >= 11 is 12.1. The average molecular weight is 472 g/mol. The first-order chi connectivity index (χ1) is 14.3. The van der Waals surface area contributed by atoms with Crippen molar-refractivity contribution >= 4 is 23.2 Å². The number of rotatable bonds is 8. The van der Waals surface area contributed by atoms with E-state index in [1.54, 1.807) is 12.2 Å². The second-order valence-corrected chi connectivity index (χ2v) is 11.7. The van der Waals surface area contributed by atoms with E-state index >= 15 is 0 Å². The van der Waals surface area contributed by atoms with Gasteiger partial charge >= 0.3 is 0 Å². The molecule has 0 aromatic rings. The molecule has 2 rings (SSSR count). The molecule has 0 aromatic heterocycles.